The molecule has 1 saturated carbocycles. The van der Waals surface area contributed by atoms with Gasteiger partial charge in [-0.1, -0.05) is 62.7 Å². The maximum absolute atomic E-state index is 14.4. The molecule has 2 N–H and O–H groups in total. The van der Waals surface area contributed by atoms with Crippen molar-refractivity contribution in [3.8, 4) is 0 Å². The summed E-state index contributed by atoms with van der Waals surface area (Å²) in [5.74, 6) is -0.696. The standard InChI is InChI=1S/C31H42ClN3O4/c1-17(2)25(34-30(38)39-31(7,8)9)29(37)35(23-16-21(23)6)27(24-18(3)12-10-13-19(24)4)28(36)33-26-20(5)14-11-15-22(26)32/h10-15,17,21,23,25,27H,16H2,1-9H3,(H,33,36)(H,34,38). The zero-order valence-corrected chi connectivity index (χ0v) is 25.3. The number of nitrogens with zero attached hydrogens (tertiary/aromatic N) is 1. The summed E-state index contributed by atoms with van der Waals surface area (Å²) in [5.41, 5.74) is 3.19. The average molecular weight is 556 g/mol. The summed E-state index contributed by atoms with van der Waals surface area (Å²) >= 11 is 6.47. The molecule has 0 aromatic heterocycles. The molecule has 3 amide bonds. The van der Waals surface area contributed by atoms with E-state index in [0.717, 1.165) is 28.7 Å². The molecule has 2 aromatic rings. The summed E-state index contributed by atoms with van der Waals surface area (Å²) in [6.45, 7) is 16.9. The van der Waals surface area contributed by atoms with Gasteiger partial charge in [0.25, 0.3) is 5.91 Å². The van der Waals surface area contributed by atoms with Gasteiger partial charge in [0.05, 0.1) is 10.7 Å². The van der Waals surface area contributed by atoms with Crippen LogP contribution in [0.25, 0.3) is 0 Å². The summed E-state index contributed by atoms with van der Waals surface area (Å²) in [6, 6.07) is 9.30. The van der Waals surface area contributed by atoms with Crippen LogP contribution in [0.15, 0.2) is 36.4 Å². The Morgan fingerprint density at radius 3 is 2.03 bits per heavy atom. The molecule has 7 nitrogen and oxygen atoms in total. The molecule has 1 fully saturated rings. The largest absolute Gasteiger partial charge is 0.444 e. The lowest BCUT2D eigenvalue weighted by Crippen LogP contribution is -2.55. The Labute approximate surface area is 237 Å². The zero-order chi connectivity index (χ0) is 29.2. The minimum absolute atomic E-state index is 0.152. The molecular formula is C31H42ClN3O4. The fourth-order valence-corrected chi connectivity index (χ4v) is 5.19. The van der Waals surface area contributed by atoms with Crippen molar-refractivity contribution in [2.24, 2.45) is 11.8 Å². The predicted octanol–water partition coefficient (Wildman–Crippen LogP) is 6.73. The van der Waals surface area contributed by atoms with E-state index in [9.17, 15) is 14.4 Å². The van der Waals surface area contributed by atoms with Crippen molar-refractivity contribution in [2.75, 3.05) is 5.32 Å². The molecule has 212 valence electrons. The maximum Gasteiger partial charge on any atom is 0.408 e. The lowest BCUT2D eigenvalue weighted by Gasteiger charge is -2.37. The van der Waals surface area contributed by atoms with Crippen LogP contribution in [0.5, 0.6) is 0 Å². The predicted molar refractivity (Wildman–Crippen MR) is 156 cm³/mol. The zero-order valence-electron chi connectivity index (χ0n) is 24.5. The van der Waals surface area contributed by atoms with Gasteiger partial charge in [-0.15, -0.1) is 0 Å². The summed E-state index contributed by atoms with van der Waals surface area (Å²) < 4.78 is 5.47. The second-order valence-electron chi connectivity index (χ2n) is 12.0. The third kappa shape index (κ3) is 7.33. The van der Waals surface area contributed by atoms with Crippen LogP contribution in [0.1, 0.15) is 76.3 Å². The first-order chi connectivity index (χ1) is 18.1. The van der Waals surface area contributed by atoms with Crippen LogP contribution in [0.3, 0.4) is 0 Å². The molecule has 1 aliphatic carbocycles. The van der Waals surface area contributed by atoms with Crippen LogP contribution in [0.4, 0.5) is 10.5 Å². The first-order valence-electron chi connectivity index (χ1n) is 13.6. The van der Waals surface area contributed by atoms with Crippen LogP contribution >= 0.6 is 11.6 Å². The van der Waals surface area contributed by atoms with Crippen molar-refractivity contribution in [1.82, 2.24) is 10.2 Å². The number of rotatable bonds is 8. The summed E-state index contributed by atoms with van der Waals surface area (Å²) in [4.78, 5) is 43.1. The summed E-state index contributed by atoms with van der Waals surface area (Å²) in [7, 11) is 0. The molecule has 8 heteroatoms. The number of anilines is 1. The molecule has 0 spiro atoms. The monoisotopic (exact) mass is 555 g/mol. The fraction of sp³-hybridized carbons (Fsp3) is 0.516. The summed E-state index contributed by atoms with van der Waals surface area (Å²) in [6.07, 6.45) is 0.0983. The molecule has 4 atom stereocenters. The Balaban J connectivity index is 2.11. The van der Waals surface area contributed by atoms with Gasteiger partial charge in [-0.3, -0.25) is 9.59 Å². The number of alkyl carbamates (subject to hydrolysis) is 1. The van der Waals surface area contributed by atoms with Gasteiger partial charge in [-0.2, -0.15) is 0 Å². The molecule has 4 unspecified atom stereocenters. The highest BCUT2D eigenvalue weighted by molar-refractivity contribution is 6.34. The van der Waals surface area contributed by atoms with E-state index in [4.69, 9.17) is 16.3 Å². The van der Waals surface area contributed by atoms with E-state index in [0.29, 0.717) is 10.7 Å². The Morgan fingerprint density at radius 2 is 1.54 bits per heavy atom. The number of ether oxygens (including phenoxy) is 1. The smallest absolute Gasteiger partial charge is 0.408 e. The van der Waals surface area contributed by atoms with E-state index in [1.165, 1.54) is 0 Å². The second kappa shape index (κ2) is 12.0. The van der Waals surface area contributed by atoms with Gasteiger partial charge in [-0.25, -0.2) is 4.79 Å². The fourth-order valence-electron chi connectivity index (χ4n) is 4.92. The molecule has 3 rings (SSSR count). The van der Waals surface area contributed by atoms with Crippen LogP contribution in [-0.4, -0.2) is 40.5 Å². The lowest BCUT2D eigenvalue weighted by atomic mass is 9.92. The first-order valence-corrected chi connectivity index (χ1v) is 13.9. The molecule has 2 aromatic carbocycles. The Kier molecular flexibility index (Phi) is 9.37. The van der Waals surface area contributed by atoms with Gasteiger partial charge >= 0.3 is 6.09 Å². The highest BCUT2D eigenvalue weighted by Crippen LogP contribution is 2.43. The normalized spacial score (nSPS) is 18.2. The third-order valence-electron chi connectivity index (χ3n) is 7.10. The molecular weight excluding hydrogens is 514 g/mol. The van der Waals surface area contributed by atoms with E-state index >= 15 is 0 Å². The SMILES string of the molecule is Cc1cccc(Cl)c1NC(=O)C(c1c(C)cccc1C)N(C(=O)C(NC(=O)OC(C)(C)C)C(C)C)C1CC1C. The number of hydrogen-bond donors (Lipinski definition) is 2. The number of aryl methyl sites for hydroxylation is 3. The highest BCUT2D eigenvalue weighted by Gasteiger charge is 2.49. The minimum Gasteiger partial charge on any atom is -0.444 e. The Morgan fingerprint density at radius 1 is 1.00 bits per heavy atom. The topological polar surface area (TPSA) is 87.7 Å². The van der Waals surface area contributed by atoms with Gasteiger partial charge in [-0.05, 0) is 88.1 Å². The van der Waals surface area contributed by atoms with Crippen molar-refractivity contribution in [1.29, 1.82) is 0 Å². The number of nitrogens with one attached hydrogen (secondary N) is 2. The molecule has 0 bridgehead atoms. The third-order valence-corrected chi connectivity index (χ3v) is 7.41. The molecule has 39 heavy (non-hydrogen) atoms. The van der Waals surface area contributed by atoms with Crippen molar-refractivity contribution >= 4 is 35.2 Å². The Hall–Kier alpha value is -3.06. The number of para-hydroxylation sites is 1. The molecule has 0 saturated heterocycles. The molecule has 1 aliphatic rings. The molecule has 0 aliphatic heterocycles. The quantitative estimate of drug-likeness (QED) is 0.378. The first kappa shape index (κ1) is 30.5. The van der Waals surface area contributed by atoms with Crippen molar-refractivity contribution in [3.63, 3.8) is 0 Å². The van der Waals surface area contributed by atoms with Crippen molar-refractivity contribution in [3.05, 3.63) is 63.7 Å². The van der Waals surface area contributed by atoms with Gasteiger partial charge in [0, 0.05) is 6.04 Å². The van der Waals surface area contributed by atoms with E-state index in [1.54, 1.807) is 31.7 Å². The van der Waals surface area contributed by atoms with Crippen LogP contribution < -0.4 is 10.6 Å². The van der Waals surface area contributed by atoms with Crippen LogP contribution in [0, 0.1) is 32.6 Å². The van der Waals surface area contributed by atoms with Crippen LogP contribution in [-0.2, 0) is 14.3 Å². The lowest BCUT2D eigenvalue weighted by molar-refractivity contribution is -0.142. The average Bonchev–Trinajstić information content (AvgIpc) is 3.53. The number of benzene rings is 2. The van der Waals surface area contributed by atoms with E-state index < -0.39 is 23.8 Å². The highest BCUT2D eigenvalue weighted by atomic mass is 35.5. The summed E-state index contributed by atoms with van der Waals surface area (Å²) in [5, 5.41) is 6.24. The van der Waals surface area contributed by atoms with E-state index in [1.807, 2.05) is 65.0 Å². The van der Waals surface area contributed by atoms with Gasteiger partial charge in [0.1, 0.15) is 17.7 Å². The van der Waals surface area contributed by atoms with Gasteiger partial charge in [0.15, 0.2) is 0 Å². The number of carbonyl (C=O) groups is 3. The number of halogens is 1. The molecule has 0 radical (unpaired) electrons. The number of hydrogen-bond acceptors (Lipinski definition) is 4. The minimum atomic E-state index is -0.925. The Bertz CT molecular complexity index is 1200. The van der Waals surface area contributed by atoms with Gasteiger partial charge in [0.2, 0.25) is 5.91 Å². The molecule has 0 heterocycles. The van der Waals surface area contributed by atoms with E-state index in [-0.39, 0.29) is 29.7 Å². The van der Waals surface area contributed by atoms with Gasteiger partial charge < -0.3 is 20.3 Å². The van der Waals surface area contributed by atoms with Crippen molar-refractivity contribution in [2.45, 2.75) is 92.5 Å². The second-order valence-corrected chi connectivity index (χ2v) is 12.4. The number of carbonyl (C=O) groups excluding carboxylic acids is 3. The van der Waals surface area contributed by atoms with Crippen molar-refractivity contribution < 1.29 is 19.1 Å². The van der Waals surface area contributed by atoms with Crippen LogP contribution in [0.2, 0.25) is 5.02 Å². The maximum atomic E-state index is 14.4. The number of amides is 3. The van der Waals surface area contributed by atoms with E-state index in [2.05, 4.69) is 17.6 Å².